The first-order valence-corrected chi connectivity index (χ1v) is 3.44. The lowest BCUT2D eigenvalue weighted by Gasteiger charge is -2.26. The van der Waals surface area contributed by atoms with Gasteiger partial charge in [0.15, 0.2) is 0 Å². The highest BCUT2D eigenvalue weighted by Crippen LogP contribution is 1.97. The van der Waals surface area contributed by atoms with Gasteiger partial charge < -0.3 is 22.0 Å². The third kappa shape index (κ3) is 8.21. The summed E-state index contributed by atoms with van der Waals surface area (Å²) in [6.07, 6.45) is 0.722. The summed E-state index contributed by atoms with van der Waals surface area (Å²) in [4.78, 5) is 0. The standard InChI is InChI=1S/C7H18NO.ClH/c1-5-7(9)6-8(2,3)4;/h7,9H,5-6H2,1-4H3;1H/q+1;/p-1. The zero-order chi connectivity index (χ0) is 7.49. The minimum Gasteiger partial charge on any atom is -1.00 e. The van der Waals surface area contributed by atoms with Crippen LogP contribution in [-0.2, 0) is 0 Å². The van der Waals surface area contributed by atoms with Crippen LogP contribution in [0.15, 0.2) is 0 Å². The summed E-state index contributed by atoms with van der Waals surface area (Å²) < 4.78 is 0.842. The van der Waals surface area contributed by atoms with E-state index in [0.29, 0.717) is 0 Å². The van der Waals surface area contributed by atoms with Gasteiger partial charge in [-0.3, -0.25) is 0 Å². The number of likely N-dealkylation sites (N-methyl/N-ethyl adjacent to an activating group) is 1. The maximum Gasteiger partial charge on any atom is 0.104 e. The maximum atomic E-state index is 9.18. The number of aliphatic hydroxyl groups excluding tert-OH is 1. The maximum absolute atomic E-state index is 9.18. The molecule has 0 saturated heterocycles. The van der Waals surface area contributed by atoms with Gasteiger partial charge in [0.2, 0.25) is 0 Å². The summed E-state index contributed by atoms with van der Waals surface area (Å²) in [7, 11) is 6.25. The van der Waals surface area contributed by atoms with Crippen LogP contribution in [0.25, 0.3) is 0 Å². The molecule has 0 aromatic heterocycles. The van der Waals surface area contributed by atoms with Crippen LogP contribution < -0.4 is 12.4 Å². The summed E-state index contributed by atoms with van der Waals surface area (Å²) in [6, 6.07) is 0. The lowest BCUT2D eigenvalue weighted by molar-refractivity contribution is -0.873. The minimum atomic E-state index is -0.134. The van der Waals surface area contributed by atoms with Gasteiger partial charge in [0.05, 0.1) is 21.1 Å². The van der Waals surface area contributed by atoms with Crippen molar-refractivity contribution in [1.82, 2.24) is 0 Å². The van der Waals surface area contributed by atoms with Crippen molar-refractivity contribution >= 4 is 0 Å². The van der Waals surface area contributed by atoms with E-state index in [4.69, 9.17) is 0 Å². The summed E-state index contributed by atoms with van der Waals surface area (Å²) in [5, 5.41) is 9.18. The van der Waals surface area contributed by atoms with Crippen molar-refractivity contribution in [3.63, 3.8) is 0 Å². The Hall–Kier alpha value is 0.210. The van der Waals surface area contributed by atoms with Crippen LogP contribution in [0.5, 0.6) is 0 Å². The zero-order valence-corrected chi connectivity index (χ0v) is 8.02. The lowest BCUT2D eigenvalue weighted by atomic mass is 10.2. The Labute approximate surface area is 69.8 Å². The summed E-state index contributed by atoms with van der Waals surface area (Å²) in [5.41, 5.74) is 0. The highest BCUT2D eigenvalue weighted by Gasteiger charge is 2.12. The van der Waals surface area contributed by atoms with E-state index in [-0.39, 0.29) is 18.5 Å². The second-order valence-corrected chi connectivity index (χ2v) is 3.53. The van der Waals surface area contributed by atoms with E-state index in [0.717, 1.165) is 17.4 Å². The molecule has 10 heavy (non-hydrogen) atoms. The van der Waals surface area contributed by atoms with Crippen molar-refractivity contribution in [2.24, 2.45) is 0 Å². The Morgan fingerprint density at radius 2 is 1.70 bits per heavy atom. The first kappa shape index (κ1) is 12.8. The van der Waals surface area contributed by atoms with Crippen molar-refractivity contribution in [3.8, 4) is 0 Å². The van der Waals surface area contributed by atoms with Crippen LogP contribution in [0.4, 0.5) is 0 Å². The average molecular weight is 168 g/mol. The van der Waals surface area contributed by atoms with Crippen molar-refractivity contribution in [2.75, 3.05) is 27.7 Å². The third-order valence-corrected chi connectivity index (χ3v) is 1.23. The van der Waals surface area contributed by atoms with Crippen LogP contribution in [0.3, 0.4) is 0 Å². The lowest BCUT2D eigenvalue weighted by Crippen LogP contribution is -3.00. The molecule has 0 aliphatic heterocycles. The van der Waals surface area contributed by atoms with Gasteiger partial charge in [0, 0.05) is 0 Å². The molecule has 1 unspecified atom stereocenters. The van der Waals surface area contributed by atoms with Gasteiger partial charge in [0.1, 0.15) is 12.6 Å². The molecule has 2 nitrogen and oxygen atoms in total. The average Bonchev–Trinajstić information content (AvgIpc) is 1.62. The van der Waals surface area contributed by atoms with Gasteiger partial charge in [-0.2, -0.15) is 0 Å². The summed E-state index contributed by atoms with van der Waals surface area (Å²) >= 11 is 0. The monoisotopic (exact) mass is 167 g/mol. The Morgan fingerprint density at radius 1 is 1.30 bits per heavy atom. The molecular weight excluding hydrogens is 150 g/mol. The quantitative estimate of drug-likeness (QED) is 0.460. The fraction of sp³-hybridized carbons (Fsp3) is 1.00. The molecule has 0 aromatic rings. The molecule has 0 saturated carbocycles. The van der Waals surface area contributed by atoms with Gasteiger partial charge in [-0.25, -0.2) is 0 Å². The number of nitrogens with zero attached hydrogens (tertiary/aromatic N) is 1. The molecule has 0 aromatic carbocycles. The predicted octanol–water partition coefficient (Wildman–Crippen LogP) is -2.53. The Bertz CT molecular complexity index is 80.2. The molecule has 0 fully saturated rings. The molecule has 0 bridgehead atoms. The number of hydrogen-bond donors (Lipinski definition) is 1. The molecule has 64 valence electrons. The molecule has 1 N–H and O–H groups in total. The topological polar surface area (TPSA) is 20.2 Å². The molecule has 0 amide bonds. The van der Waals surface area contributed by atoms with Gasteiger partial charge in [-0.1, -0.05) is 6.92 Å². The molecule has 0 radical (unpaired) electrons. The van der Waals surface area contributed by atoms with Crippen LogP contribution in [0.2, 0.25) is 0 Å². The first-order valence-electron chi connectivity index (χ1n) is 3.44. The van der Waals surface area contributed by atoms with Crippen LogP contribution in [0, 0.1) is 0 Å². The number of quaternary nitrogens is 1. The van der Waals surface area contributed by atoms with E-state index in [9.17, 15) is 5.11 Å². The second kappa shape index (κ2) is 4.94. The van der Waals surface area contributed by atoms with E-state index in [1.165, 1.54) is 0 Å². The van der Waals surface area contributed by atoms with Crippen molar-refractivity contribution in [3.05, 3.63) is 0 Å². The number of hydrogen-bond acceptors (Lipinski definition) is 1. The van der Waals surface area contributed by atoms with E-state index >= 15 is 0 Å². The van der Waals surface area contributed by atoms with E-state index in [1.54, 1.807) is 0 Å². The molecule has 0 heterocycles. The van der Waals surface area contributed by atoms with Crippen molar-refractivity contribution in [2.45, 2.75) is 19.4 Å². The van der Waals surface area contributed by atoms with E-state index in [1.807, 2.05) is 6.92 Å². The molecule has 0 spiro atoms. The molecule has 3 heteroatoms. The fourth-order valence-electron chi connectivity index (χ4n) is 0.761. The van der Waals surface area contributed by atoms with Gasteiger partial charge in [-0.05, 0) is 6.42 Å². The molecule has 0 aliphatic rings. The molecule has 0 aliphatic carbocycles. The SMILES string of the molecule is CCC(O)C[N+](C)(C)C.[Cl-]. The molecule has 1 atom stereocenters. The van der Waals surface area contributed by atoms with Crippen LogP contribution in [0.1, 0.15) is 13.3 Å². The van der Waals surface area contributed by atoms with E-state index in [2.05, 4.69) is 21.1 Å². The highest BCUT2D eigenvalue weighted by atomic mass is 35.5. The summed E-state index contributed by atoms with van der Waals surface area (Å²) in [6.45, 7) is 2.84. The van der Waals surface area contributed by atoms with Crippen LogP contribution >= 0.6 is 0 Å². The predicted molar refractivity (Wildman–Crippen MR) is 39.2 cm³/mol. The fourth-order valence-corrected chi connectivity index (χ4v) is 0.761. The van der Waals surface area contributed by atoms with Gasteiger partial charge in [0.25, 0.3) is 0 Å². The van der Waals surface area contributed by atoms with E-state index < -0.39 is 0 Å². The number of rotatable bonds is 3. The van der Waals surface area contributed by atoms with Crippen molar-refractivity contribution < 1.29 is 22.0 Å². The normalized spacial score (nSPS) is 14.1. The van der Waals surface area contributed by atoms with Crippen LogP contribution in [-0.4, -0.2) is 43.4 Å². The molecular formula is C7H18ClNO. The Kier molecular flexibility index (Phi) is 6.35. The van der Waals surface area contributed by atoms with Gasteiger partial charge >= 0.3 is 0 Å². The zero-order valence-electron chi connectivity index (χ0n) is 7.26. The number of aliphatic hydroxyl groups is 1. The largest absolute Gasteiger partial charge is 1.00 e. The number of halogens is 1. The minimum absolute atomic E-state index is 0. The molecule has 0 rings (SSSR count). The Balaban J connectivity index is 0. The smallest absolute Gasteiger partial charge is 0.104 e. The Morgan fingerprint density at radius 3 is 1.80 bits per heavy atom. The third-order valence-electron chi connectivity index (χ3n) is 1.23. The van der Waals surface area contributed by atoms with Crippen molar-refractivity contribution in [1.29, 1.82) is 0 Å². The first-order chi connectivity index (χ1) is 3.95. The highest BCUT2D eigenvalue weighted by molar-refractivity contribution is 4.47. The van der Waals surface area contributed by atoms with Gasteiger partial charge in [-0.15, -0.1) is 0 Å². The summed E-state index contributed by atoms with van der Waals surface area (Å²) in [5.74, 6) is 0. The second-order valence-electron chi connectivity index (χ2n) is 3.53.